The molecule has 1 amide bonds. The first kappa shape index (κ1) is 82.8. The summed E-state index contributed by atoms with van der Waals surface area (Å²) in [5.41, 5.74) is -1.53. The van der Waals surface area contributed by atoms with Crippen molar-refractivity contribution in [3.05, 3.63) is 36.5 Å². The van der Waals surface area contributed by atoms with E-state index in [0.29, 0.717) is 110 Å². The van der Waals surface area contributed by atoms with Gasteiger partial charge in [-0.2, -0.15) is 0 Å². The third kappa shape index (κ3) is 52.4. The molecule has 1 rings (SSSR count). The number of hydrogen-bond acceptors (Lipinski definition) is 17. The molecule has 0 spiro atoms. The summed E-state index contributed by atoms with van der Waals surface area (Å²) in [4.78, 5) is 107. The maximum Gasteiger partial charge on any atom is 0.407 e. The van der Waals surface area contributed by atoms with E-state index in [-0.39, 0.29) is 69.3 Å². The van der Waals surface area contributed by atoms with Gasteiger partial charge >= 0.3 is 47.9 Å². The third-order valence-corrected chi connectivity index (χ3v) is 15.7. The molecule has 0 radical (unpaired) electrons. The van der Waals surface area contributed by atoms with Crippen LogP contribution in [0, 0.1) is 5.41 Å². The van der Waals surface area contributed by atoms with Gasteiger partial charge in [0.25, 0.3) is 0 Å². The van der Waals surface area contributed by atoms with Gasteiger partial charge in [-0.05, 0) is 142 Å². The normalized spacial score (nSPS) is 13.0. The number of nitrogens with one attached hydrogen (secondary N) is 1. The number of nitrogens with zero attached hydrogens (tertiary/aromatic N) is 1. The van der Waals surface area contributed by atoms with Crippen LogP contribution in [0.15, 0.2) is 36.5 Å². The summed E-state index contributed by atoms with van der Waals surface area (Å²) in [6.07, 6.45) is 41.2. The van der Waals surface area contributed by atoms with Crippen LogP contribution in [0.25, 0.3) is 0 Å². The first-order valence-electron chi connectivity index (χ1n) is 35.6. The zero-order chi connectivity index (χ0) is 65.6. The van der Waals surface area contributed by atoms with Gasteiger partial charge in [0, 0.05) is 58.0 Å². The van der Waals surface area contributed by atoms with Crippen LogP contribution in [-0.2, 0) is 71.5 Å². The molecular formula is C72H124N2O16. The van der Waals surface area contributed by atoms with Crippen LogP contribution >= 0.6 is 0 Å². The first-order valence-corrected chi connectivity index (χ1v) is 35.6. The molecule has 0 aromatic carbocycles. The van der Waals surface area contributed by atoms with Crippen molar-refractivity contribution in [1.82, 2.24) is 10.2 Å². The van der Waals surface area contributed by atoms with Gasteiger partial charge in [0.15, 0.2) is 0 Å². The fourth-order valence-corrected chi connectivity index (χ4v) is 10.0. The van der Waals surface area contributed by atoms with Crippen molar-refractivity contribution in [2.75, 3.05) is 72.4 Å². The van der Waals surface area contributed by atoms with E-state index in [2.05, 4.69) is 56.1 Å². The molecule has 1 fully saturated rings. The Labute approximate surface area is 543 Å². The molecular weight excluding hydrogens is 1150 g/mol. The average Bonchev–Trinajstić information content (AvgIpc) is 3.69. The largest absolute Gasteiger partial charge is 0.465 e. The smallest absolute Gasteiger partial charge is 0.407 e. The maximum atomic E-state index is 13.8. The Bertz CT molecular complexity index is 1790. The Morgan fingerprint density at radius 1 is 0.367 bits per heavy atom. The van der Waals surface area contributed by atoms with Gasteiger partial charge in [-0.25, -0.2) is 4.79 Å². The van der Waals surface area contributed by atoms with Gasteiger partial charge < -0.3 is 48.1 Å². The molecule has 518 valence electrons. The number of esters is 7. The summed E-state index contributed by atoms with van der Waals surface area (Å²) >= 11 is 0. The van der Waals surface area contributed by atoms with Gasteiger partial charge in [0.05, 0.1) is 19.8 Å². The van der Waals surface area contributed by atoms with Gasteiger partial charge in [-0.3, -0.25) is 33.6 Å². The summed E-state index contributed by atoms with van der Waals surface area (Å²) in [7, 11) is 0. The second kappa shape index (κ2) is 60.0. The van der Waals surface area contributed by atoms with Crippen molar-refractivity contribution in [3.63, 3.8) is 0 Å². The van der Waals surface area contributed by atoms with E-state index in [4.69, 9.17) is 37.9 Å². The van der Waals surface area contributed by atoms with E-state index < -0.39 is 67.9 Å². The minimum atomic E-state index is -1.53. The number of hydrogen-bond donors (Lipinski definition) is 1. The number of allylic oxidation sites excluding steroid dienone is 3. The lowest BCUT2D eigenvalue weighted by atomic mass is 9.92. The Kier molecular flexibility index (Phi) is 55.2. The standard InChI is InChI=1S/C72H124N2O16/c1-5-9-13-17-21-25-40-56-83-64(75)44-32-28-35-47-67(78)86-59-72(60-87-68(79)48-36-29-33-45-65(76)84-57-41-26-22-18-14-10-6-2,61-88-69(80)49-37-30-34-46-66(77)85-58-42-27-23-19-15-11-7-3)62-89-70(81)51-50-63(43-31-24-20-16-12-8-4)90-71(82)73-52-55-74-53-38-39-54-74/h21-23,25-27,63H,5-20,24,28-62H2,1-4H3,(H,73,82)/b25-21-,26-22-,27-23-. The maximum absolute atomic E-state index is 13.8. The van der Waals surface area contributed by atoms with E-state index in [1.807, 2.05) is 18.2 Å². The lowest BCUT2D eigenvalue weighted by Gasteiger charge is -2.31. The highest BCUT2D eigenvalue weighted by atomic mass is 16.6. The van der Waals surface area contributed by atoms with E-state index in [1.54, 1.807) is 0 Å². The number of unbranched alkanes of at least 4 members (excludes halogenated alkanes) is 20. The highest BCUT2D eigenvalue weighted by molar-refractivity contribution is 5.72. The van der Waals surface area contributed by atoms with E-state index in [1.165, 1.54) is 19.3 Å². The number of likely N-dealkylation sites (tertiary alicyclic amines) is 1. The van der Waals surface area contributed by atoms with Crippen LogP contribution in [0.2, 0.25) is 0 Å². The molecule has 0 aromatic heterocycles. The average molecular weight is 1270 g/mol. The number of ether oxygens (including phenoxy) is 8. The molecule has 18 heteroatoms. The summed E-state index contributed by atoms with van der Waals surface area (Å²) in [6, 6.07) is 0. The molecule has 1 atom stereocenters. The monoisotopic (exact) mass is 1270 g/mol. The molecule has 1 aliphatic rings. The molecule has 1 unspecified atom stereocenters. The van der Waals surface area contributed by atoms with Gasteiger partial charge in [-0.15, -0.1) is 0 Å². The zero-order valence-corrected chi connectivity index (χ0v) is 56.8. The quantitative estimate of drug-likeness (QED) is 0.0258. The molecule has 0 saturated carbocycles. The van der Waals surface area contributed by atoms with Crippen LogP contribution < -0.4 is 5.32 Å². The summed E-state index contributed by atoms with van der Waals surface area (Å²) in [5, 5.41) is 2.87. The lowest BCUT2D eigenvalue weighted by Crippen LogP contribution is -2.44. The number of amides is 1. The number of alkyl carbamates (subject to hydrolysis) is 1. The van der Waals surface area contributed by atoms with Crippen molar-refractivity contribution in [3.8, 4) is 0 Å². The molecule has 0 aliphatic carbocycles. The first-order chi connectivity index (χ1) is 43.8. The topological polar surface area (TPSA) is 226 Å². The Hall–Kier alpha value is -5.26. The van der Waals surface area contributed by atoms with Gasteiger partial charge in [0.2, 0.25) is 0 Å². The fraction of sp³-hybridized carbons (Fsp3) is 0.806. The Morgan fingerprint density at radius 3 is 1.06 bits per heavy atom. The highest BCUT2D eigenvalue weighted by Crippen LogP contribution is 2.25. The second-order valence-electron chi connectivity index (χ2n) is 24.4. The minimum absolute atomic E-state index is 0.00652. The Balaban J connectivity index is 3.17. The lowest BCUT2D eigenvalue weighted by molar-refractivity contribution is -0.171. The number of carbonyl (C=O) groups excluding carboxylic acids is 8. The third-order valence-electron chi connectivity index (χ3n) is 15.7. The second-order valence-corrected chi connectivity index (χ2v) is 24.4. The predicted molar refractivity (Wildman–Crippen MR) is 353 cm³/mol. The van der Waals surface area contributed by atoms with Crippen molar-refractivity contribution in [2.24, 2.45) is 5.41 Å². The van der Waals surface area contributed by atoms with Crippen LogP contribution in [0.4, 0.5) is 4.79 Å². The van der Waals surface area contributed by atoms with E-state index >= 15 is 0 Å². The van der Waals surface area contributed by atoms with Crippen LogP contribution in [0.5, 0.6) is 0 Å². The Morgan fingerprint density at radius 2 is 0.678 bits per heavy atom. The number of carbonyl (C=O) groups is 8. The van der Waals surface area contributed by atoms with Crippen molar-refractivity contribution in [1.29, 1.82) is 0 Å². The summed E-state index contributed by atoms with van der Waals surface area (Å²) in [5.74, 6) is -3.28. The summed E-state index contributed by atoms with van der Waals surface area (Å²) in [6.45, 7) is 11.0. The van der Waals surface area contributed by atoms with E-state index in [0.717, 1.165) is 129 Å². The van der Waals surface area contributed by atoms with Gasteiger partial charge in [0.1, 0.15) is 37.9 Å². The molecule has 1 heterocycles. The van der Waals surface area contributed by atoms with Crippen LogP contribution in [0.3, 0.4) is 0 Å². The predicted octanol–water partition coefficient (Wildman–Crippen LogP) is 15.9. The van der Waals surface area contributed by atoms with Crippen molar-refractivity contribution < 1.29 is 76.3 Å². The zero-order valence-electron chi connectivity index (χ0n) is 56.8. The molecule has 90 heavy (non-hydrogen) atoms. The van der Waals surface area contributed by atoms with Crippen molar-refractivity contribution in [2.45, 2.75) is 297 Å². The fourth-order valence-electron chi connectivity index (χ4n) is 10.0. The molecule has 18 nitrogen and oxygen atoms in total. The molecule has 1 N–H and O–H groups in total. The highest BCUT2D eigenvalue weighted by Gasteiger charge is 2.38. The van der Waals surface area contributed by atoms with Crippen molar-refractivity contribution >= 4 is 47.9 Å². The van der Waals surface area contributed by atoms with E-state index in [9.17, 15) is 38.4 Å². The van der Waals surface area contributed by atoms with Crippen LogP contribution in [0.1, 0.15) is 291 Å². The molecule has 1 saturated heterocycles. The van der Waals surface area contributed by atoms with Gasteiger partial charge in [-0.1, -0.05) is 154 Å². The minimum Gasteiger partial charge on any atom is -0.465 e. The summed E-state index contributed by atoms with van der Waals surface area (Å²) < 4.78 is 45.5. The number of rotatable bonds is 61. The SMILES string of the molecule is CCCCC/C=C\CCOC(=O)CCCCCC(=O)OCC(COC(=O)CCCCCC(=O)OCC/C=C\CCCCC)(COC(=O)CCCCCC(=O)OCC/C=C\CCCCC)COC(=O)CCC(CCCCCCCC)OC(=O)NCCN1CCCC1. The molecule has 1 aliphatic heterocycles. The molecule has 0 aromatic rings. The van der Waals surface area contributed by atoms with Crippen LogP contribution in [-0.4, -0.2) is 131 Å². The molecule has 0 bridgehead atoms.